The number of anilines is 2. The SMILES string of the molecule is CCc1ccccc1CNc1cc(C)c(N)cc1Br. The average Bonchev–Trinajstić information content (AvgIpc) is 2.41. The Bertz CT molecular complexity index is 579. The van der Waals surface area contributed by atoms with Crippen LogP contribution < -0.4 is 11.1 Å². The Morgan fingerprint density at radius 3 is 2.53 bits per heavy atom. The molecule has 2 aromatic carbocycles. The lowest BCUT2D eigenvalue weighted by Crippen LogP contribution is -2.04. The van der Waals surface area contributed by atoms with Crippen molar-refractivity contribution in [3.8, 4) is 0 Å². The van der Waals surface area contributed by atoms with Crippen LogP contribution in [0.5, 0.6) is 0 Å². The molecule has 0 aliphatic carbocycles. The highest BCUT2D eigenvalue weighted by atomic mass is 79.9. The number of benzene rings is 2. The van der Waals surface area contributed by atoms with Gasteiger partial charge in [-0.2, -0.15) is 0 Å². The molecule has 0 amide bonds. The van der Waals surface area contributed by atoms with Crippen LogP contribution in [0.25, 0.3) is 0 Å². The van der Waals surface area contributed by atoms with E-state index in [1.54, 1.807) is 0 Å². The zero-order valence-electron chi connectivity index (χ0n) is 11.3. The molecule has 3 N–H and O–H groups in total. The van der Waals surface area contributed by atoms with E-state index < -0.39 is 0 Å². The van der Waals surface area contributed by atoms with Crippen LogP contribution in [0.3, 0.4) is 0 Å². The van der Waals surface area contributed by atoms with Crippen molar-refractivity contribution in [2.24, 2.45) is 0 Å². The second kappa shape index (κ2) is 6.11. The van der Waals surface area contributed by atoms with Crippen molar-refractivity contribution in [2.75, 3.05) is 11.1 Å². The molecule has 100 valence electrons. The largest absolute Gasteiger partial charge is 0.398 e. The van der Waals surface area contributed by atoms with E-state index in [2.05, 4.69) is 58.5 Å². The Balaban J connectivity index is 2.17. The van der Waals surface area contributed by atoms with Crippen LogP contribution in [0.2, 0.25) is 0 Å². The number of rotatable bonds is 4. The van der Waals surface area contributed by atoms with Crippen LogP contribution in [0.4, 0.5) is 11.4 Å². The predicted octanol–water partition coefficient (Wildman–Crippen LogP) is 4.51. The molecule has 0 saturated heterocycles. The molecule has 2 aromatic rings. The first-order valence-electron chi connectivity index (χ1n) is 6.48. The van der Waals surface area contributed by atoms with Gasteiger partial charge in [-0.25, -0.2) is 0 Å². The number of nitrogen functional groups attached to an aromatic ring is 1. The van der Waals surface area contributed by atoms with E-state index in [0.717, 1.165) is 34.4 Å². The average molecular weight is 319 g/mol. The van der Waals surface area contributed by atoms with E-state index in [9.17, 15) is 0 Å². The normalized spacial score (nSPS) is 10.5. The molecule has 0 aliphatic rings. The van der Waals surface area contributed by atoms with Crippen LogP contribution in [0.15, 0.2) is 40.9 Å². The fourth-order valence-corrected chi connectivity index (χ4v) is 2.60. The minimum atomic E-state index is 0.811. The lowest BCUT2D eigenvalue weighted by Gasteiger charge is -2.13. The molecule has 0 fully saturated rings. The number of nitrogens with one attached hydrogen (secondary N) is 1. The van der Waals surface area contributed by atoms with E-state index in [-0.39, 0.29) is 0 Å². The summed E-state index contributed by atoms with van der Waals surface area (Å²) >= 11 is 3.55. The Hall–Kier alpha value is -1.48. The zero-order valence-corrected chi connectivity index (χ0v) is 12.9. The Labute approximate surface area is 123 Å². The van der Waals surface area contributed by atoms with Crippen LogP contribution in [0.1, 0.15) is 23.6 Å². The second-order valence-corrected chi connectivity index (χ2v) is 5.52. The van der Waals surface area contributed by atoms with Crippen molar-refractivity contribution >= 4 is 27.3 Å². The number of aryl methyl sites for hydroxylation is 2. The Morgan fingerprint density at radius 2 is 1.84 bits per heavy atom. The maximum atomic E-state index is 5.88. The molecule has 0 unspecified atom stereocenters. The summed E-state index contributed by atoms with van der Waals surface area (Å²) in [6.07, 6.45) is 1.06. The van der Waals surface area contributed by atoms with Gasteiger partial charge >= 0.3 is 0 Å². The summed E-state index contributed by atoms with van der Waals surface area (Å²) in [5.74, 6) is 0. The second-order valence-electron chi connectivity index (χ2n) is 4.66. The van der Waals surface area contributed by atoms with E-state index in [0.29, 0.717) is 0 Å². The summed E-state index contributed by atoms with van der Waals surface area (Å²) in [6.45, 7) is 5.03. The van der Waals surface area contributed by atoms with Gasteiger partial charge in [-0.05, 0) is 58.1 Å². The summed E-state index contributed by atoms with van der Waals surface area (Å²) in [4.78, 5) is 0. The summed E-state index contributed by atoms with van der Waals surface area (Å²) in [5.41, 5.74) is 11.6. The standard InChI is InChI=1S/C16H19BrN2/c1-3-12-6-4-5-7-13(12)10-19-16-8-11(2)15(18)9-14(16)17/h4-9,19H,3,10,18H2,1-2H3. The van der Waals surface area contributed by atoms with Gasteiger partial charge in [0.25, 0.3) is 0 Å². The lowest BCUT2D eigenvalue weighted by atomic mass is 10.1. The van der Waals surface area contributed by atoms with Crippen molar-refractivity contribution in [3.05, 3.63) is 57.6 Å². The lowest BCUT2D eigenvalue weighted by molar-refractivity contribution is 1.04. The number of hydrogen-bond acceptors (Lipinski definition) is 2. The summed E-state index contributed by atoms with van der Waals surface area (Å²) in [5, 5.41) is 3.47. The van der Waals surface area contributed by atoms with Crippen molar-refractivity contribution in [1.82, 2.24) is 0 Å². The molecule has 2 rings (SSSR count). The highest BCUT2D eigenvalue weighted by molar-refractivity contribution is 9.10. The fourth-order valence-electron chi connectivity index (χ4n) is 2.10. The van der Waals surface area contributed by atoms with Gasteiger partial charge in [0.1, 0.15) is 0 Å². The number of hydrogen-bond donors (Lipinski definition) is 2. The molecule has 0 aliphatic heterocycles. The summed E-state index contributed by atoms with van der Waals surface area (Å²) < 4.78 is 1.00. The molecule has 19 heavy (non-hydrogen) atoms. The molecule has 2 nitrogen and oxygen atoms in total. The van der Waals surface area contributed by atoms with E-state index in [1.807, 2.05) is 13.0 Å². The fraction of sp³-hybridized carbons (Fsp3) is 0.250. The predicted molar refractivity (Wildman–Crippen MR) is 86.4 cm³/mol. The highest BCUT2D eigenvalue weighted by Crippen LogP contribution is 2.28. The monoisotopic (exact) mass is 318 g/mol. The van der Waals surface area contributed by atoms with Crippen molar-refractivity contribution in [2.45, 2.75) is 26.8 Å². The van der Waals surface area contributed by atoms with Crippen LogP contribution in [0, 0.1) is 6.92 Å². The van der Waals surface area contributed by atoms with E-state index in [1.165, 1.54) is 11.1 Å². The summed E-state index contributed by atoms with van der Waals surface area (Å²) in [7, 11) is 0. The van der Waals surface area contributed by atoms with Gasteiger partial charge in [-0.1, -0.05) is 31.2 Å². The molecule has 0 aromatic heterocycles. The van der Waals surface area contributed by atoms with E-state index in [4.69, 9.17) is 5.73 Å². The third-order valence-electron chi connectivity index (χ3n) is 3.32. The smallest absolute Gasteiger partial charge is 0.0491 e. The third-order valence-corrected chi connectivity index (χ3v) is 3.98. The summed E-state index contributed by atoms with van der Waals surface area (Å²) in [6, 6.07) is 12.5. The minimum Gasteiger partial charge on any atom is -0.398 e. The van der Waals surface area contributed by atoms with Gasteiger partial charge in [0.2, 0.25) is 0 Å². The first kappa shape index (κ1) is 13.9. The van der Waals surface area contributed by atoms with Crippen molar-refractivity contribution < 1.29 is 0 Å². The van der Waals surface area contributed by atoms with Gasteiger partial charge in [0, 0.05) is 22.4 Å². The van der Waals surface area contributed by atoms with Gasteiger partial charge in [0.15, 0.2) is 0 Å². The zero-order chi connectivity index (χ0) is 13.8. The van der Waals surface area contributed by atoms with Crippen LogP contribution in [-0.2, 0) is 13.0 Å². The first-order valence-corrected chi connectivity index (χ1v) is 7.27. The van der Waals surface area contributed by atoms with Gasteiger partial charge < -0.3 is 11.1 Å². The molecule has 0 spiro atoms. The van der Waals surface area contributed by atoms with E-state index >= 15 is 0 Å². The van der Waals surface area contributed by atoms with Crippen molar-refractivity contribution in [1.29, 1.82) is 0 Å². The van der Waals surface area contributed by atoms with Crippen molar-refractivity contribution in [3.63, 3.8) is 0 Å². The maximum Gasteiger partial charge on any atom is 0.0491 e. The van der Waals surface area contributed by atoms with Crippen LogP contribution >= 0.6 is 15.9 Å². The molecule has 0 atom stereocenters. The molecule has 0 radical (unpaired) electrons. The first-order chi connectivity index (χ1) is 9.11. The molecule has 3 heteroatoms. The maximum absolute atomic E-state index is 5.88. The molecular formula is C16H19BrN2. The third kappa shape index (κ3) is 3.29. The minimum absolute atomic E-state index is 0.811. The number of halogens is 1. The Morgan fingerprint density at radius 1 is 1.16 bits per heavy atom. The molecular weight excluding hydrogens is 300 g/mol. The molecule has 0 saturated carbocycles. The molecule has 0 bridgehead atoms. The topological polar surface area (TPSA) is 38.0 Å². The quantitative estimate of drug-likeness (QED) is 0.814. The van der Waals surface area contributed by atoms with Gasteiger partial charge in [0.05, 0.1) is 0 Å². The number of nitrogens with two attached hydrogens (primary N) is 1. The van der Waals surface area contributed by atoms with Crippen LogP contribution in [-0.4, -0.2) is 0 Å². The molecule has 0 heterocycles. The Kier molecular flexibility index (Phi) is 4.48. The van der Waals surface area contributed by atoms with Gasteiger partial charge in [-0.3, -0.25) is 0 Å². The highest BCUT2D eigenvalue weighted by Gasteiger charge is 2.05. The van der Waals surface area contributed by atoms with Gasteiger partial charge in [-0.15, -0.1) is 0 Å².